The number of amides is 1. The van der Waals surface area contributed by atoms with Gasteiger partial charge in [-0.2, -0.15) is 4.72 Å². The normalized spacial score (nSPS) is 16.7. The van der Waals surface area contributed by atoms with Crippen molar-refractivity contribution in [3.8, 4) is 5.75 Å². The Morgan fingerprint density at radius 2 is 2.07 bits per heavy atom. The Morgan fingerprint density at radius 1 is 1.37 bits per heavy atom. The van der Waals surface area contributed by atoms with Gasteiger partial charge in [-0.05, 0) is 38.1 Å². The van der Waals surface area contributed by atoms with Crippen molar-refractivity contribution in [1.29, 1.82) is 0 Å². The van der Waals surface area contributed by atoms with Gasteiger partial charge in [0.05, 0.1) is 26.4 Å². The van der Waals surface area contributed by atoms with Crippen molar-refractivity contribution in [2.45, 2.75) is 24.3 Å². The number of carbonyl (C=O) groups excluding carboxylic acids is 1. The number of benzene rings is 1. The topological polar surface area (TPSA) is 97.0 Å². The van der Waals surface area contributed by atoms with Crippen molar-refractivity contribution in [2.24, 2.45) is 0 Å². The Morgan fingerprint density at radius 3 is 2.74 bits per heavy atom. The van der Waals surface area contributed by atoms with Crippen LogP contribution >= 0.6 is 11.6 Å². The minimum atomic E-state index is -3.96. The van der Waals surface area contributed by atoms with Gasteiger partial charge in [0.2, 0.25) is 15.9 Å². The van der Waals surface area contributed by atoms with E-state index in [2.05, 4.69) is 14.9 Å². The van der Waals surface area contributed by atoms with E-state index >= 15 is 0 Å². The number of carbonyl (C=O) groups is 1. The van der Waals surface area contributed by atoms with Gasteiger partial charge >= 0.3 is 0 Å². The Bertz CT molecular complexity index is 738. The zero-order chi connectivity index (χ0) is 19.9. The molecule has 1 aliphatic rings. The van der Waals surface area contributed by atoms with Crippen LogP contribution in [-0.4, -0.2) is 71.8 Å². The molecule has 0 saturated carbocycles. The highest BCUT2D eigenvalue weighted by molar-refractivity contribution is 7.89. The molecule has 1 amide bonds. The summed E-state index contributed by atoms with van der Waals surface area (Å²) in [4.78, 5) is 14.4. The highest BCUT2D eigenvalue weighted by Crippen LogP contribution is 2.27. The smallest absolute Gasteiger partial charge is 0.245 e. The van der Waals surface area contributed by atoms with Gasteiger partial charge in [0.25, 0.3) is 0 Å². The maximum absolute atomic E-state index is 12.6. The summed E-state index contributed by atoms with van der Waals surface area (Å²) >= 11 is 5.89. The molecule has 0 radical (unpaired) electrons. The Hall–Kier alpha value is -1.39. The molecule has 1 fully saturated rings. The first-order valence-corrected chi connectivity index (χ1v) is 10.6. The maximum Gasteiger partial charge on any atom is 0.245 e. The van der Waals surface area contributed by atoms with Crippen LogP contribution in [0.1, 0.15) is 13.3 Å². The number of morpholine rings is 1. The van der Waals surface area contributed by atoms with Gasteiger partial charge in [0, 0.05) is 24.7 Å². The molecule has 1 heterocycles. The predicted octanol–water partition coefficient (Wildman–Crippen LogP) is 0.854. The minimum Gasteiger partial charge on any atom is -0.495 e. The van der Waals surface area contributed by atoms with Gasteiger partial charge < -0.3 is 14.8 Å². The van der Waals surface area contributed by atoms with Crippen LogP contribution in [0.15, 0.2) is 23.1 Å². The second kappa shape index (κ2) is 10.2. The van der Waals surface area contributed by atoms with Crippen LogP contribution in [0, 0.1) is 0 Å². The number of methoxy groups -OCH3 is 1. The summed E-state index contributed by atoms with van der Waals surface area (Å²) in [5, 5.41) is 3.02. The fraction of sp³-hybridized carbons (Fsp3) is 0.588. The summed E-state index contributed by atoms with van der Waals surface area (Å²) in [5.41, 5.74) is 0. The molecule has 0 bridgehead atoms. The van der Waals surface area contributed by atoms with Crippen molar-refractivity contribution in [3.05, 3.63) is 23.2 Å². The van der Waals surface area contributed by atoms with Gasteiger partial charge in [-0.1, -0.05) is 11.6 Å². The number of ether oxygens (including phenoxy) is 2. The molecule has 27 heavy (non-hydrogen) atoms. The first-order valence-electron chi connectivity index (χ1n) is 8.77. The summed E-state index contributed by atoms with van der Waals surface area (Å²) in [6.07, 6.45) is 0.785. The number of sulfonamides is 1. The zero-order valence-electron chi connectivity index (χ0n) is 15.5. The second-order valence-corrected chi connectivity index (χ2v) is 8.36. The van der Waals surface area contributed by atoms with Crippen LogP contribution in [0.3, 0.4) is 0 Å². The number of hydrogen-bond acceptors (Lipinski definition) is 6. The standard InChI is InChI=1S/C17H26ClN3O5S/c1-13(17(22)19-6-3-7-21-8-10-26-11-9-21)20-27(23,24)16-12-14(18)4-5-15(16)25-2/h4-5,12-13,20H,3,6-11H2,1-2H3,(H,19,22)/t13-/m0/s1. The molecule has 1 atom stereocenters. The van der Waals surface area contributed by atoms with Crippen molar-refractivity contribution in [2.75, 3.05) is 46.5 Å². The van der Waals surface area contributed by atoms with E-state index in [1.165, 1.54) is 32.2 Å². The molecule has 8 nitrogen and oxygen atoms in total. The SMILES string of the molecule is COc1ccc(Cl)cc1S(=O)(=O)N[C@@H](C)C(=O)NCCCN1CCOCC1. The van der Waals surface area contributed by atoms with Crippen LogP contribution in [0.4, 0.5) is 0 Å². The lowest BCUT2D eigenvalue weighted by Gasteiger charge is -2.26. The van der Waals surface area contributed by atoms with Crippen molar-refractivity contribution in [1.82, 2.24) is 14.9 Å². The molecule has 0 aromatic heterocycles. The average molecular weight is 420 g/mol. The highest BCUT2D eigenvalue weighted by Gasteiger charge is 2.25. The third kappa shape index (κ3) is 6.62. The molecule has 0 aliphatic carbocycles. The zero-order valence-corrected chi connectivity index (χ0v) is 17.1. The van der Waals surface area contributed by atoms with E-state index < -0.39 is 16.1 Å². The molecule has 2 N–H and O–H groups in total. The minimum absolute atomic E-state index is 0.107. The fourth-order valence-electron chi connectivity index (χ4n) is 2.70. The largest absolute Gasteiger partial charge is 0.495 e. The number of nitrogens with one attached hydrogen (secondary N) is 2. The Labute approximate surface area is 165 Å². The Balaban J connectivity index is 1.84. The lowest BCUT2D eigenvalue weighted by Crippen LogP contribution is -2.45. The molecule has 0 spiro atoms. The molecule has 0 unspecified atom stereocenters. The van der Waals surface area contributed by atoms with Crippen LogP contribution in [0.2, 0.25) is 5.02 Å². The maximum atomic E-state index is 12.6. The van der Waals surface area contributed by atoms with E-state index in [1.54, 1.807) is 0 Å². The van der Waals surface area contributed by atoms with Crippen LogP contribution < -0.4 is 14.8 Å². The summed E-state index contributed by atoms with van der Waals surface area (Å²) in [5.74, 6) is -0.230. The molecular formula is C17H26ClN3O5S. The van der Waals surface area contributed by atoms with E-state index in [0.717, 1.165) is 39.3 Å². The third-order valence-electron chi connectivity index (χ3n) is 4.19. The lowest BCUT2D eigenvalue weighted by molar-refractivity contribution is -0.122. The van der Waals surface area contributed by atoms with Gasteiger partial charge in [-0.15, -0.1) is 0 Å². The molecule has 1 aliphatic heterocycles. The van der Waals surface area contributed by atoms with Crippen LogP contribution in [-0.2, 0) is 19.6 Å². The lowest BCUT2D eigenvalue weighted by atomic mass is 10.3. The van der Waals surface area contributed by atoms with Gasteiger partial charge in [0.1, 0.15) is 10.6 Å². The first kappa shape index (κ1) is 21.9. The first-order chi connectivity index (χ1) is 12.8. The molecule has 1 saturated heterocycles. The van der Waals surface area contributed by atoms with Crippen molar-refractivity contribution in [3.63, 3.8) is 0 Å². The van der Waals surface area contributed by atoms with E-state index in [9.17, 15) is 13.2 Å². The number of hydrogen-bond donors (Lipinski definition) is 2. The van der Waals surface area contributed by atoms with E-state index in [4.69, 9.17) is 21.1 Å². The number of rotatable bonds is 9. The fourth-order valence-corrected chi connectivity index (χ4v) is 4.34. The quantitative estimate of drug-likeness (QED) is 0.576. The summed E-state index contributed by atoms with van der Waals surface area (Å²) in [6.45, 7) is 6.09. The number of halogens is 1. The van der Waals surface area contributed by atoms with Gasteiger partial charge in [0.15, 0.2) is 0 Å². The van der Waals surface area contributed by atoms with E-state index in [-0.39, 0.29) is 21.6 Å². The molecule has 2 rings (SSSR count). The monoisotopic (exact) mass is 419 g/mol. The van der Waals surface area contributed by atoms with E-state index in [1.807, 2.05) is 0 Å². The molecular weight excluding hydrogens is 394 g/mol. The summed E-state index contributed by atoms with van der Waals surface area (Å²) in [6, 6.07) is 3.36. The summed E-state index contributed by atoms with van der Waals surface area (Å²) < 4.78 is 37.9. The third-order valence-corrected chi connectivity index (χ3v) is 5.99. The second-order valence-electron chi connectivity index (χ2n) is 6.24. The summed E-state index contributed by atoms with van der Waals surface area (Å²) in [7, 11) is -2.59. The Kier molecular flexibility index (Phi) is 8.30. The number of nitrogens with zero attached hydrogens (tertiary/aromatic N) is 1. The molecule has 10 heteroatoms. The van der Waals surface area contributed by atoms with Crippen LogP contribution in [0.25, 0.3) is 0 Å². The van der Waals surface area contributed by atoms with Gasteiger partial charge in [-0.25, -0.2) is 8.42 Å². The molecule has 1 aromatic rings. The average Bonchev–Trinajstić information content (AvgIpc) is 2.65. The van der Waals surface area contributed by atoms with Gasteiger partial charge in [-0.3, -0.25) is 9.69 Å². The van der Waals surface area contributed by atoms with Crippen molar-refractivity contribution < 1.29 is 22.7 Å². The van der Waals surface area contributed by atoms with Crippen LogP contribution in [0.5, 0.6) is 5.75 Å². The predicted molar refractivity (Wildman–Crippen MR) is 103 cm³/mol. The van der Waals surface area contributed by atoms with E-state index in [0.29, 0.717) is 6.54 Å². The molecule has 152 valence electrons. The van der Waals surface area contributed by atoms with Crippen molar-refractivity contribution >= 4 is 27.5 Å². The highest BCUT2D eigenvalue weighted by atomic mass is 35.5. The molecule has 1 aromatic carbocycles.